The zero-order valence-electron chi connectivity index (χ0n) is 7.95. The summed E-state index contributed by atoms with van der Waals surface area (Å²) >= 11 is 0. The van der Waals surface area contributed by atoms with Gasteiger partial charge in [-0.15, -0.1) is 0 Å². The molecule has 0 aromatic heterocycles. The number of alkyl halides is 1. The Hall–Kier alpha value is -1.01. The lowest BCUT2D eigenvalue weighted by molar-refractivity contribution is -0.210. The number of ether oxygens (including phenoxy) is 1. The summed E-state index contributed by atoms with van der Waals surface area (Å²) < 4.78 is 17.5. The third-order valence-corrected chi connectivity index (χ3v) is 1.82. The normalized spacial score (nSPS) is 15.3. The summed E-state index contributed by atoms with van der Waals surface area (Å²) in [6.07, 6.45) is -6.31. The summed E-state index contributed by atoms with van der Waals surface area (Å²) in [7, 11) is 0. The molecule has 0 spiro atoms. The van der Waals surface area contributed by atoms with E-state index < -0.39 is 18.8 Å². The van der Waals surface area contributed by atoms with E-state index in [9.17, 15) is 4.39 Å². The number of hydrogen-bond acceptors (Lipinski definition) is 4. The molecule has 0 saturated carbocycles. The zero-order valence-corrected chi connectivity index (χ0v) is 7.95. The van der Waals surface area contributed by atoms with E-state index in [1.807, 2.05) is 6.07 Å². The Labute approximate surface area is 86.6 Å². The number of benzene rings is 1. The second-order valence-electron chi connectivity index (χ2n) is 3.05. The maximum absolute atomic E-state index is 12.7. The van der Waals surface area contributed by atoms with Crippen molar-refractivity contribution in [1.29, 1.82) is 0 Å². The van der Waals surface area contributed by atoms with Gasteiger partial charge in [0.15, 0.2) is 12.6 Å². The fourth-order valence-electron chi connectivity index (χ4n) is 0.995. The largest absolute Gasteiger partial charge is 0.366 e. The summed E-state index contributed by atoms with van der Waals surface area (Å²) in [5.41, 5.74) is 0.760. The predicted octanol–water partition coefficient (Wildman–Crippen LogP) is 0.170. The highest BCUT2D eigenvalue weighted by Crippen LogP contribution is 2.08. The van der Waals surface area contributed by atoms with Gasteiger partial charge in [0.25, 0.3) is 0 Å². The van der Waals surface area contributed by atoms with E-state index in [0.29, 0.717) is 0 Å². The summed E-state index contributed by atoms with van der Waals surface area (Å²) in [6, 6.07) is 8.86. The van der Waals surface area contributed by atoms with Crippen LogP contribution in [0, 0.1) is 0 Å². The first-order valence-electron chi connectivity index (χ1n) is 4.45. The van der Waals surface area contributed by atoms with Crippen molar-refractivity contribution in [1.82, 2.24) is 0 Å². The van der Waals surface area contributed by atoms with Crippen LogP contribution in [-0.2, 0) is 11.3 Å². The molecule has 0 aliphatic carbocycles. The third kappa shape index (κ3) is 3.93. The monoisotopic (exact) mass is 216 g/mol. The van der Waals surface area contributed by atoms with E-state index in [1.54, 1.807) is 24.3 Å². The fourth-order valence-corrected chi connectivity index (χ4v) is 0.995. The van der Waals surface area contributed by atoms with Crippen molar-refractivity contribution in [2.24, 2.45) is 0 Å². The lowest BCUT2D eigenvalue weighted by Crippen LogP contribution is -2.35. The van der Waals surface area contributed by atoms with Crippen LogP contribution in [0.15, 0.2) is 30.3 Å². The summed E-state index contributed by atoms with van der Waals surface area (Å²) in [6.45, 7) is 0.00907. The Morgan fingerprint density at radius 3 is 2.27 bits per heavy atom. The Kier molecular flexibility index (Phi) is 4.64. The minimum Gasteiger partial charge on any atom is -0.366 e. The molecule has 0 aliphatic heterocycles. The molecule has 3 N–H and O–H groups in total. The van der Waals surface area contributed by atoms with E-state index in [2.05, 4.69) is 0 Å². The van der Waals surface area contributed by atoms with Gasteiger partial charge in [0.2, 0.25) is 6.17 Å². The van der Waals surface area contributed by atoms with Gasteiger partial charge in [-0.05, 0) is 5.56 Å². The summed E-state index contributed by atoms with van der Waals surface area (Å²) in [5, 5.41) is 25.9. The van der Waals surface area contributed by atoms with Crippen LogP contribution in [0.1, 0.15) is 5.56 Å². The fraction of sp³-hybridized carbons (Fsp3) is 0.400. The van der Waals surface area contributed by atoms with Crippen molar-refractivity contribution in [2.45, 2.75) is 25.4 Å². The van der Waals surface area contributed by atoms with E-state index >= 15 is 0 Å². The van der Waals surface area contributed by atoms with Gasteiger partial charge in [-0.1, -0.05) is 30.3 Å². The van der Waals surface area contributed by atoms with Crippen LogP contribution in [0.5, 0.6) is 0 Å². The molecule has 15 heavy (non-hydrogen) atoms. The van der Waals surface area contributed by atoms with Crippen LogP contribution in [0.3, 0.4) is 0 Å². The van der Waals surface area contributed by atoms with Gasteiger partial charge in [-0.25, -0.2) is 4.39 Å². The molecule has 0 saturated heterocycles. The van der Waals surface area contributed by atoms with Gasteiger partial charge in [-0.3, -0.25) is 0 Å². The molecule has 2 atom stereocenters. The van der Waals surface area contributed by atoms with Crippen LogP contribution in [0.25, 0.3) is 0 Å². The Morgan fingerprint density at radius 1 is 1.13 bits per heavy atom. The van der Waals surface area contributed by atoms with Gasteiger partial charge in [-0.2, -0.15) is 0 Å². The number of aliphatic hydroxyl groups is 3. The number of halogens is 1. The second kappa shape index (κ2) is 5.77. The standard InChI is InChI=1S/C10H13FO4/c11-8(9(12)13)10(14)15-6-7-4-2-1-3-5-7/h1-5,8-10,12-14H,6H2. The topological polar surface area (TPSA) is 69.9 Å². The molecule has 5 heteroatoms. The molecular weight excluding hydrogens is 203 g/mol. The smallest absolute Gasteiger partial charge is 0.200 e. The van der Waals surface area contributed by atoms with Crippen LogP contribution < -0.4 is 0 Å². The van der Waals surface area contributed by atoms with Gasteiger partial charge in [0, 0.05) is 0 Å². The molecule has 84 valence electrons. The maximum atomic E-state index is 12.7. The molecule has 0 radical (unpaired) electrons. The van der Waals surface area contributed by atoms with Crippen molar-refractivity contribution < 1.29 is 24.4 Å². The SMILES string of the molecule is OC(O)C(F)C(O)OCc1ccccc1. The molecule has 0 aliphatic rings. The molecule has 0 amide bonds. The lowest BCUT2D eigenvalue weighted by atomic mass is 10.2. The number of aliphatic hydroxyl groups excluding tert-OH is 2. The Balaban J connectivity index is 2.37. The van der Waals surface area contributed by atoms with Crippen LogP contribution >= 0.6 is 0 Å². The molecule has 0 bridgehead atoms. The number of rotatable bonds is 5. The molecule has 1 aromatic carbocycles. The van der Waals surface area contributed by atoms with Crippen molar-refractivity contribution in [3.63, 3.8) is 0 Å². The third-order valence-electron chi connectivity index (χ3n) is 1.82. The van der Waals surface area contributed by atoms with Crippen molar-refractivity contribution in [3.8, 4) is 0 Å². The van der Waals surface area contributed by atoms with E-state index in [4.69, 9.17) is 20.1 Å². The Bertz CT molecular complexity index is 278. The van der Waals surface area contributed by atoms with Gasteiger partial charge >= 0.3 is 0 Å². The molecule has 1 aromatic rings. The van der Waals surface area contributed by atoms with Crippen LogP contribution in [-0.4, -0.2) is 34.1 Å². The highest BCUT2D eigenvalue weighted by atomic mass is 19.1. The summed E-state index contributed by atoms with van der Waals surface area (Å²) in [4.78, 5) is 0. The molecule has 0 fully saturated rings. The minimum atomic E-state index is -2.24. The van der Waals surface area contributed by atoms with E-state index in [1.165, 1.54) is 0 Å². The Morgan fingerprint density at radius 2 is 1.73 bits per heavy atom. The van der Waals surface area contributed by atoms with Crippen LogP contribution in [0.2, 0.25) is 0 Å². The molecular formula is C10H13FO4. The lowest BCUT2D eigenvalue weighted by Gasteiger charge is -2.17. The van der Waals surface area contributed by atoms with Gasteiger partial charge < -0.3 is 20.1 Å². The highest BCUT2D eigenvalue weighted by molar-refractivity contribution is 5.13. The molecule has 4 nitrogen and oxygen atoms in total. The first kappa shape index (κ1) is 12.1. The average Bonchev–Trinajstić information content (AvgIpc) is 2.26. The van der Waals surface area contributed by atoms with Gasteiger partial charge in [0.1, 0.15) is 0 Å². The van der Waals surface area contributed by atoms with E-state index in [-0.39, 0.29) is 6.61 Å². The molecule has 1 rings (SSSR count). The predicted molar refractivity (Wildman–Crippen MR) is 50.4 cm³/mol. The van der Waals surface area contributed by atoms with Gasteiger partial charge in [0.05, 0.1) is 6.61 Å². The molecule has 2 unspecified atom stereocenters. The number of hydrogen-bond donors (Lipinski definition) is 3. The molecule has 0 heterocycles. The van der Waals surface area contributed by atoms with E-state index in [0.717, 1.165) is 5.56 Å². The highest BCUT2D eigenvalue weighted by Gasteiger charge is 2.25. The van der Waals surface area contributed by atoms with Crippen molar-refractivity contribution in [3.05, 3.63) is 35.9 Å². The first-order chi connectivity index (χ1) is 7.11. The second-order valence-corrected chi connectivity index (χ2v) is 3.05. The van der Waals surface area contributed by atoms with Crippen molar-refractivity contribution >= 4 is 0 Å². The summed E-state index contributed by atoms with van der Waals surface area (Å²) in [5.74, 6) is 0. The first-order valence-corrected chi connectivity index (χ1v) is 4.45. The zero-order chi connectivity index (χ0) is 11.3. The van der Waals surface area contributed by atoms with Crippen molar-refractivity contribution in [2.75, 3.05) is 0 Å². The maximum Gasteiger partial charge on any atom is 0.200 e. The van der Waals surface area contributed by atoms with Crippen LogP contribution in [0.4, 0.5) is 4.39 Å². The quantitative estimate of drug-likeness (QED) is 0.614. The minimum absolute atomic E-state index is 0.00907. The average molecular weight is 216 g/mol.